The molecule has 16 atom stereocenters. The van der Waals surface area contributed by atoms with Crippen molar-refractivity contribution in [3.05, 3.63) is 35.9 Å². The number of aliphatic hydroxyl groups is 2. The van der Waals surface area contributed by atoms with Gasteiger partial charge in [0.15, 0.2) is 18.0 Å². The fourth-order valence-corrected chi connectivity index (χ4v) is 10.3. The molecule has 0 spiro atoms. The van der Waals surface area contributed by atoms with Crippen LogP contribution < -0.4 is 0 Å². The van der Waals surface area contributed by atoms with E-state index in [1.807, 2.05) is 32.0 Å². The zero-order valence-electron chi connectivity index (χ0n) is 41.7. The first-order valence-electron chi connectivity index (χ1n) is 24.2. The molecule has 1 aromatic rings. The van der Waals surface area contributed by atoms with Gasteiger partial charge in [0.1, 0.15) is 30.7 Å². The summed E-state index contributed by atoms with van der Waals surface area (Å²) in [5.41, 5.74) is -0.111. The first-order valence-corrected chi connectivity index (χ1v) is 24.2. The number of hydrogen-bond donors (Lipinski definition) is 2. The van der Waals surface area contributed by atoms with Gasteiger partial charge in [0.25, 0.3) is 0 Å². The van der Waals surface area contributed by atoms with Crippen molar-refractivity contribution in [1.82, 2.24) is 9.80 Å². The van der Waals surface area contributed by atoms with E-state index < -0.39 is 115 Å². The predicted octanol–water partition coefficient (Wildman–Crippen LogP) is 4.43. The Labute approximate surface area is 397 Å². The Morgan fingerprint density at radius 3 is 2.25 bits per heavy atom. The molecule has 3 saturated heterocycles. The molecule has 380 valence electrons. The predicted molar refractivity (Wildman–Crippen MR) is 246 cm³/mol. The van der Waals surface area contributed by atoms with Crippen LogP contribution in [0.4, 0.5) is 0 Å². The summed E-state index contributed by atoms with van der Waals surface area (Å²) in [5.74, 6) is -4.14. The van der Waals surface area contributed by atoms with E-state index in [1.54, 1.807) is 53.6 Å². The summed E-state index contributed by atoms with van der Waals surface area (Å²) in [7, 11) is 5.00. The molecule has 4 rings (SSSR count). The number of ether oxygens (including phenoxy) is 8. The normalized spacial score (nSPS) is 36.2. The van der Waals surface area contributed by atoms with Gasteiger partial charge < -0.3 is 62.7 Å². The zero-order chi connectivity index (χ0) is 49.6. The molecule has 0 aliphatic carbocycles. The van der Waals surface area contributed by atoms with E-state index >= 15 is 0 Å². The molecule has 0 unspecified atom stereocenters. The number of carbonyl (C=O) groups excluding carboxylic acids is 5. The van der Waals surface area contributed by atoms with Gasteiger partial charge in [0.2, 0.25) is 0 Å². The number of carbonyl (C=O) groups is 5. The van der Waals surface area contributed by atoms with E-state index in [1.165, 1.54) is 19.6 Å². The van der Waals surface area contributed by atoms with Crippen LogP contribution in [0, 0.1) is 17.8 Å². The molecular weight excluding hydrogens is 869 g/mol. The van der Waals surface area contributed by atoms with Crippen LogP contribution in [0.5, 0.6) is 0 Å². The van der Waals surface area contributed by atoms with Gasteiger partial charge in [-0.1, -0.05) is 51.1 Å². The smallest absolute Gasteiger partial charge is 0.309 e. The van der Waals surface area contributed by atoms with Gasteiger partial charge >= 0.3 is 23.9 Å². The Morgan fingerprint density at radius 2 is 1.64 bits per heavy atom. The van der Waals surface area contributed by atoms with Crippen molar-refractivity contribution in [3.63, 3.8) is 0 Å². The summed E-state index contributed by atoms with van der Waals surface area (Å²) in [6, 6.07) is 9.40. The summed E-state index contributed by atoms with van der Waals surface area (Å²) < 4.78 is 49.6. The van der Waals surface area contributed by atoms with Gasteiger partial charge in [-0.3, -0.25) is 19.2 Å². The highest BCUT2D eigenvalue weighted by Gasteiger charge is 2.56. The third-order valence-corrected chi connectivity index (χ3v) is 13.7. The van der Waals surface area contributed by atoms with E-state index in [0.29, 0.717) is 26.1 Å². The van der Waals surface area contributed by atoms with Crippen LogP contribution in [-0.4, -0.2) is 170 Å². The second-order valence-corrected chi connectivity index (χ2v) is 19.3. The highest BCUT2D eigenvalue weighted by Crippen LogP contribution is 2.43. The summed E-state index contributed by atoms with van der Waals surface area (Å²) in [6.07, 6.45) is -7.43. The average molecular weight is 949 g/mol. The second-order valence-electron chi connectivity index (χ2n) is 19.3. The summed E-state index contributed by atoms with van der Waals surface area (Å²) in [6.45, 7) is 15.1. The lowest BCUT2D eigenvalue weighted by atomic mass is 9.71. The molecule has 0 aromatic heterocycles. The van der Waals surface area contributed by atoms with Crippen molar-refractivity contribution < 1.29 is 72.1 Å². The van der Waals surface area contributed by atoms with Crippen LogP contribution >= 0.6 is 0 Å². The monoisotopic (exact) mass is 949 g/mol. The van der Waals surface area contributed by atoms with Crippen molar-refractivity contribution in [1.29, 1.82) is 0 Å². The number of aldehydes is 1. The number of rotatable bonds is 16. The first-order chi connectivity index (χ1) is 31.7. The molecule has 0 bridgehead atoms. The van der Waals surface area contributed by atoms with E-state index in [4.69, 9.17) is 37.9 Å². The molecule has 3 fully saturated rings. The minimum atomic E-state index is -1.34. The Kier molecular flexibility index (Phi) is 22.1. The highest BCUT2D eigenvalue weighted by molar-refractivity contribution is 5.73. The summed E-state index contributed by atoms with van der Waals surface area (Å²) in [4.78, 5) is 68.6. The third kappa shape index (κ3) is 15.7. The molecule has 3 aliphatic rings. The molecule has 0 amide bonds. The van der Waals surface area contributed by atoms with E-state index in [2.05, 4.69) is 17.0 Å². The van der Waals surface area contributed by atoms with Crippen LogP contribution in [0.25, 0.3) is 0 Å². The lowest BCUT2D eigenvalue weighted by Gasteiger charge is -2.53. The molecule has 0 radical (unpaired) electrons. The first kappa shape index (κ1) is 56.0. The quantitative estimate of drug-likeness (QED) is 0.134. The molecular formula is C50H80N2O15. The minimum Gasteiger partial charge on any atom is -0.463 e. The number of aryl methyl sites for hydroxylation is 1. The van der Waals surface area contributed by atoms with Crippen molar-refractivity contribution in [2.45, 2.75) is 192 Å². The summed E-state index contributed by atoms with van der Waals surface area (Å²) in [5, 5.41) is 24.7. The third-order valence-electron chi connectivity index (χ3n) is 13.7. The number of methoxy groups -OCH3 is 1. The van der Waals surface area contributed by atoms with Crippen LogP contribution in [-0.2, 0) is 68.3 Å². The molecule has 0 saturated carbocycles. The van der Waals surface area contributed by atoms with Gasteiger partial charge in [-0.05, 0) is 91.4 Å². The maximum absolute atomic E-state index is 13.8. The number of β-amino-alcohol motifs (C(OH)–C–C–N with tert-alkyl or cyclic N) is 1. The molecule has 17 heteroatoms. The molecule has 2 N–H and O–H groups in total. The molecule has 3 heterocycles. The Bertz CT molecular complexity index is 1720. The fourth-order valence-electron chi connectivity index (χ4n) is 10.3. The van der Waals surface area contributed by atoms with E-state index in [-0.39, 0.29) is 44.4 Å². The zero-order valence-corrected chi connectivity index (χ0v) is 41.7. The Morgan fingerprint density at radius 1 is 0.970 bits per heavy atom. The van der Waals surface area contributed by atoms with E-state index in [9.17, 15) is 34.2 Å². The number of nitrogens with zero attached hydrogens (tertiary/aromatic N) is 2. The Hall–Kier alpha value is -3.55. The van der Waals surface area contributed by atoms with Crippen LogP contribution in [0.15, 0.2) is 30.3 Å². The van der Waals surface area contributed by atoms with Crippen molar-refractivity contribution in [3.8, 4) is 0 Å². The van der Waals surface area contributed by atoms with Gasteiger partial charge in [-0.15, -0.1) is 0 Å². The van der Waals surface area contributed by atoms with E-state index in [0.717, 1.165) is 19.1 Å². The topological polar surface area (TPSA) is 206 Å². The Balaban J connectivity index is 1.73. The lowest BCUT2D eigenvalue weighted by molar-refractivity contribution is -0.319. The minimum absolute atomic E-state index is 0.00556. The molecule has 1 aromatic carbocycles. The second kappa shape index (κ2) is 26.4. The van der Waals surface area contributed by atoms with Crippen LogP contribution in [0.3, 0.4) is 0 Å². The summed E-state index contributed by atoms with van der Waals surface area (Å²) >= 11 is 0. The van der Waals surface area contributed by atoms with Crippen molar-refractivity contribution >= 4 is 30.2 Å². The highest BCUT2D eigenvalue weighted by atomic mass is 16.7. The maximum atomic E-state index is 13.8. The average Bonchev–Trinajstić information content (AvgIpc) is 3.26. The van der Waals surface area contributed by atoms with Crippen LogP contribution in [0.2, 0.25) is 0 Å². The standard InChI is InChI=1S/C50H80N2O15/c1-12-39(56)64-38-27-41(58)61-31(4)21-24-52(23-17-20-35-18-15-14-16-19-35)29-37(55)30(3)26-36(22-25-53)43(47(38)60-11)48-45(59)44(51(9)10)46(32(5)63-48)66-42-28-50(8,67-34(7)54)49(33(6)62-42)65-40(57)13-2/h14-16,18-19,25,30-33,36-38,42-49,55,59H,12-13,17,20-24,26-29H2,1-11H3/t30-,31-,32-,33+,36+,37+,38-,42-,43+,44-,45-,46-,47-,48+,49+,50-/m1/s1. The lowest BCUT2D eigenvalue weighted by Crippen LogP contribution is -2.67. The number of benzene rings is 1. The molecule has 17 nitrogen and oxygen atoms in total. The van der Waals surface area contributed by atoms with Crippen molar-refractivity contribution in [2.75, 3.05) is 40.8 Å². The van der Waals surface area contributed by atoms with Gasteiger partial charge in [-0.2, -0.15) is 0 Å². The number of likely N-dealkylation sites (N-methyl/N-ethyl adjacent to an activating group) is 1. The molecule has 3 aliphatic heterocycles. The number of esters is 4. The van der Waals surface area contributed by atoms with Gasteiger partial charge in [0, 0.05) is 58.7 Å². The van der Waals surface area contributed by atoms with Crippen LogP contribution in [0.1, 0.15) is 112 Å². The maximum Gasteiger partial charge on any atom is 0.309 e. The molecule has 67 heavy (non-hydrogen) atoms. The number of aliphatic hydroxyl groups excluding tert-OH is 2. The van der Waals surface area contributed by atoms with Gasteiger partial charge in [-0.25, -0.2) is 0 Å². The fraction of sp³-hybridized carbons (Fsp3) is 0.780. The number of hydrogen-bond acceptors (Lipinski definition) is 17. The van der Waals surface area contributed by atoms with Gasteiger partial charge in [0.05, 0.1) is 43.0 Å². The number of cyclic esters (lactones) is 1. The largest absolute Gasteiger partial charge is 0.463 e. The van der Waals surface area contributed by atoms with Crippen molar-refractivity contribution in [2.24, 2.45) is 17.8 Å². The SMILES string of the molecule is CCC(=O)O[C@@H]1CC(=O)O[C@H](C)CCN(CCCc2ccccc2)C[C@H](O)[C@H](C)C[C@H](CC=O)[C@H]([C@@H]2O[C@H](C)[C@@H](O[C@@H]3C[C@@](C)(OC(C)=O)[C@@H](OC(=O)CC)[C@H](C)O3)[C@H](N(C)C)[C@H]2O)[C@@H]1OC.